The fourth-order valence-corrected chi connectivity index (χ4v) is 3.60. The van der Waals surface area contributed by atoms with Crippen molar-refractivity contribution in [1.29, 1.82) is 0 Å². The molecule has 3 N–H and O–H groups in total. The van der Waals surface area contributed by atoms with Crippen molar-refractivity contribution in [1.82, 2.24) is 20.9 Å². The Bertz CT molecular complexity index is 789. The van der Waals surface area contributed by atoms with Crippen LogP contribution in [0.25, 0.3) is 0 Å². The molecule has 11 nitrogen and oxygen atoms in total. The first-order valence-corrected chi connectivity index (χ1v) is 11.3. The topological polar surface area (TPSA) is 151 Å². The minimum atomic E-state index is -1.20. The van der Waals surface area contributed by atoms with Crippen molar-refractivity contribution in [3.8, 4) is 0 Å². The summed E-state index contributed by atoms with van der Waals surface area (Å²) in [5.74, 6) is -3.77. The third-order valence-electron chi connectivity index (χ3n) is 5.57. The summed E-state index contributed by atoms with van der Waals surface area (Å²) in [4.78, 5) is 74.2. The molecular weight excluding hydrogens is 451 g/mol. The largest absolute Gasteiger partial charge is 0.469 e. The van der Waals surface area contributed by atoms with Gasteiger partial charge in [-0.1, -0.05) is 13.8 Å². The number of likely N-dealkylation sites (tertiary alicyclic amines) is 1. The van der Waals surface area contributed by atoms with Crippen LogP contribution in [0.2, 0.25) is 0 Å². The lowest BCUT2D eigenvalue weighted by molar-refractivity contribution is -0.142. The zero-order valence-corrected chi connectivity index (χ0v) is 20.3. The van der Waals surface area contributed by atoms with Crippen LogP contribution in [0.4, 0.5) is 4.39 Å². The number of carbonyl (C=O) groups is 6. The molecule has 0 unspecified atom stereocenters. The van der Waals surface area contributed by atoms with E-state index in [1.165, 1.54) is 25.9 Å². The summed E-state index contributed by atoms with van der Waals surface area (Å²) in [6.07, 6.45) is 0.657. The van der Waals surface area contributed by atoms with Crippen LogP contribution in [-0.2, 0) is 33.5 Å². The summed E-state index contributed by atoms with van der Waals surface area (Å²) >= 11 is 0. The van der Waals surface area contributed by atoms with Crippen LogP contribution in [0.5, 0.6) is 0 Å². The van der Waals surface area contributed by atoms with Crippen LogP contribution in [0.15, 0.2) is 0 Å². The molecule has 1 saturated heterocycles. The predicted molar refractivity (Wildman–Crippen MR) is 119 cm³/mol. The molecule has 0 aromatic carbocycles. The molecule has 4 amide bonds. The highest BCUT2D eigenvalue weighted by Crippen LogP contribution is 2.19. The second kappa shape index (κ2) is 13.6. The number of esters is 1. The van der Waals surface area contributed by atoms with Gasteiger partial charge in [0.15, 0.2) is 5.78 Å². The number of ketones is 1. The lowest BCUT2D eigenvalue weighted by Gasteiger charge is -2.29. The second-order valence-electron chi connectivity index (χ2n) is 8.62. The summed E-state index contributed by atoms with van der Waals surface area (Å²) in [5.41, 5.74) is 0. The molecule has 0 aromatic heterocycles. The van der Waals surface area contributed by atoms with Gasteiger partial charge in [0.1, 0.15) is 24.8 Å². The highest BCUT2D eigenvalue weighted by atomic mass is 19.1. The zero-order chi connectivity index (χ0) is 26.0. The van der Waals surface area contributed by atoms with Gasteiger partial charge >= 0.3 is 5.97 Å². The molecule has 1 fully saturated rings. The van der Waals surface area contributed by atoms with E-state index in [4.69, 9.17) is 0 Å². The van der Waals surface area contributed by atoms with E-state index in [9.17, 15) is 33.2 Å². The number of alkyl halides is 1. The molecule has 192 valence electrons. The van der Waals surface area contributed by atoms with Crippen molar-refractivity contribution in [2.45, 2.75) is 77.5 Å². The van der Waals surface area contributed by atoms with Crippen LogP contribution in [0.3, 0.4) is 0 Å². The number of nitrogens with one attached hydrogen (secondary N) is 3. The first-order chi connectivity index (χ1) is 15.9. The van der Waals surface area contributed by atoms with Crippen molar-refractivity contribution in [3.63, 3.8) is 0 Å². The third kappa shape index (κ3) is 8.38. The highest BCUT2D eigenvalue weighted by Gasteiger charge is 2.38. The average Bonchev–Trinajstić information content (AvgIpc) is 3.29. The maximum atomic E-state index is 12.9. The minimum Gasteiger partial charge on any atom is -0.469 e. The lowest BCUT2D eigenvalue weighted by atomic mass is 9.99. The molecular formula is C22H35FN4O7. The molecule has 0 aromatic rings. The molecule has 12 heteroatoms. The van der Waals surface area contributed by atoms with Gasteiger partial charge in [-0.05, 0) is 32.6 Å². The van der Waals surface area contributed by atoms with Gasteiger partial charge in [0.25, 0.3) is 0 Å². The summed E-state index contributed by atoms with van der Waals surface area (Å²) in [5, 5.41) is 7.50. The molecule has 0 radical (unpaired) electrons. The van der Waals surface area contributed by atoms with Crippen LogP contribution in [0, 0.1) is 5.92 Å². The lowest BCUT2D eigenvalue weighted by Crippen LogP contribution is -2.57. The number of amides is 4. The summed E-state index contributed by atoms with van der Waals surface area (Å²) in [6, 6.07) is -3.77. The smallest absolute Gasteiger partial charge is 0.306 e. The molecule has 1 rings (SSSR count). The van der Waals surface area contributed by atoms with Crippen molar-refractivity contribution < 1.29 is 37.9 Å². The van der Waals surface area contributed by atoms with E-state index in [1.807, 2.05) is 0 Å². The second-order valence-corrected chi connectivity index (χ2v) is 8.62. The van der Waals surface area contributed by atoms with E-state index in [1.54, 1.807) is 13.8 Å². The van der Waals surface area contributed by atoms with Gasteiger partial charge in [0.05, 0.1) is 19.6 Å². The number of hydrogen-bond donors (Lipinski definition) is 3. The maximum Gasteiger partial charge on any atom is 0.306 e. The van der Waals surface area contributed by atoms with Gasteiger partial charge in [0.2, 0.25) is 23.6 Å². The summed E-state index contributed by atoms with van der Waals surface area (Å²) < 4.78 is 17.3. The summed E-state index contributed by atoms with van der Waals surface area (Å²) in [6.45, 7) is 5.36. The SMILES string of the molecule is COC(=O)CCC(=O)N[C@@H](C)C(=O)N[C@@H](C)C(=O)N1CCC[C@H]1C(=O)N[C@H](C(=O)CF)C(C)C. The highest BCUT2D eigenvalue weighted by molar-refractivity contribution is 5.96. The Morgan fingerprint density at radius 2 is 1.62 bits per heavy atom. The molecule has 0 saturated carbocycles. The van der Waals surface area contributed by atoms with Crippen molar-refractivity contribution in [2.75, 3.05) is 20.3 Å². The fourth-order valence-electron chi connectivity index (χ4n) is 3.60. The average molecular weight is 487 g/mol. The van der Waals surface area contributed by atoms with Gasteiger partial charge in [0, 0.05) is 13.0 Å². The van der Waals surface area contributed by atoms with Crippen molar-refractivity contribution in [3.05, 3.63) is 0 Å². The van der Waals surface area contributed by atoms with Crippen LogP contribution in [-0.4, -0.2) is 84.8 Å². The number of ether oxygens (including phenoxy) is 1. The normalized spacial score (nSPS) is 18.0. The first-order valence-electron chi connectivity index (χ1n) is 11.3. The Morgan fingerprint density at radius 3 is 2.18 bits per heavy atom. The Labute approximate surface area is 198 Å². The number of carbonyl (C=O) groups excluding carboxylic acids is 6. The van der Waals surface area contributed by atoms with Crippen molar-refractivity contribution in [2.24, 2.45) is 5.92 Å². The molecule has 0 spiro atoms. The Morgan fingerprint density at radius 1 is 0.971 bits per heavy atom. The Kier molecular flexibility index (Phi) is 11.6. The summed E-state index contributed by atoms with van der Waals surface area (Å²) in [7, 11) is 1.20. The molecule has 1 heterocycles. The van der Waals surface area contributed by atoms with Crippen molar-refractivity contribution >= 4 is 35.4 Å². The van der Waals surface area contributed by atoms with Crippen LogP contribution >= 0.6 is 0 Å². The molecule has 0 bridgehead atoms. The van der Waals surface area contributed by atoms with Gasteiger partial charge < -0.3 is 25.6 Å². The predicted octanol–water partition coefficient (Wildman–Crippen LogP) is -0.381. The maximum absolute atomic E-state index is 12.9. The molecule has 1 aliphatic heterocycles. The number of hydrogen-bond acceptors (Lipinski definition) is 7. The van der Waals surface area contributed by atoms with E-state index >= 15 is 0 Å². The number of nitrogens with zero attached hydrogens (tertiary/aromatic N) is 1. The van der Waals surface area contributed by atoms with Gasteiger partial charge in [-0.2, -0.15) is 0 Å². The van der Waals surface area contributed by atoms with Gasteiger partial charge in [-0.25, -0.2) is 4.39 Å². The number of methoxy groups -OCH3 is 1. The molecule has 0 aliphatic carbocycles. The monoisotopic (exact) mass is 486 g/mol. The van der Waals surface area contributed by atoms with Crippen LogP contribution < -0.4 is 16.0 Å². The van der Waals surface area contributed by atoms with E-state index < -0.39 is 66.2 Å². The van der Waals surface area contributed by atoms with Gasteiger partial charge in [-0.15, -0.1) is 0 Å². The van der Waals surface area contributed by atoms with E-state index in [0.29, 0.717) is 19.4 Å². The first kappa shape index (κ1) is 29.0. The van der Waals surface area contributed by atoms with E-state index in [0.717, 1.165) is 0 Å². The number of halogens is 1. The Hall–Kier alpha value is -3.05. The standard InChI is InChI=1S/C22H35FN4O7/c1-12(2)19(16(28)11-23)26-21(32)15-7-6-10-27(15)22(33)14(4)25-20(31)13(3)24-17(29)8-9-18(30)34-5/h12-15,19H,6-11H2,1-5H3,(H,24,29)(H,25,31)(H,26,32)/t13-,14-,15-,19-/m0/s1. The third-order valence-corrected chi connectivity index (χ3v) is 5.57. The fraction of sp³-hybridized carbons (Fsp3) is 0.727. The number of rotatable bonds is 12. The van der Waals surface area contributed by atoms with Crippen LogP contribution in [0.1, 0.15) is 53.4 Å². The Balaban J connectivity index is 2.68. The van der Waals surface area contributed by atoms with Gasteiger partial charge in [-0.3, -0.25) is 28.8 Å². The zero-order valence-electron chi connectivity index (χ0n) is 20.3. The van der Waals surface area contributed by atoms with E-state index in [2.05, 4.69) is 20.7 Å². The quantitative estimate of drug-likeness (QED) is 0.318. The molecule has 34 heavy (non-hydrogen) atoms. The number of Topliss-reactive ketones (excluding diaryl/α,β-unsaturated/α-hetero) is 1. The minimum absolute atomic E-state index is 0.126. The van der Waals surface area contributed by atoms with E-state index in [-0.39, 0.29) is 18.8 Å². The molecule has 1 aliphatic rings. The molecule has 4 atom stereocenters.